The molecule has 1 unspecified atom stereocenters. The van der Waals surface area contributed by atoms with Gasteiger partial charge in [-0.3, -0.25) is 9.35 Å². The lowest BCUT2D eigenvalue weighted by atomic mass is 10.1. The highest BCUT2D eigenvalue weighted by Gasteiger charge is 2.23. The number of halogens is 1. The van der Waals surface area contributed by atoms with E-state index < -0.39 is 21.8 Å². The van der Waals surface area contributed by atoms with Gasteiger partial charge in [0.15, 0.2) is 0 Å². The maximum Gasteiger partial charge on any atom is 0.323 e. The Morgan fingerprint density at radius 1 is 1.17 bits per heavy atom. The van der Waals surface area contributed by atoms with Crippen LogP contribution in [-0.4, -0.2) is 30.6 Å². The maximum absolute atomic E-state index is 11.3. The Morgan fingerprint density at radius 2 is 1.61 bits per heavy atom. The van der Waals surface area contributed by atoms with Crippen LogP contribution in [0, 0.1) is 5.92 Å². The quantitative estimate of drug-likeness (QED) is 0.628. The second-order valence-electron chi connectivity index (χ2n) is 6.09. The highest BCUT2D eigenvalue weighted by molar-refractivity contribution is 7.85. The molecule has 0 saturated heterocycles. The van der Waals surface area contributed by atoms with E-state index in [4.69, 9.17) is 15.0 Å². The molecule has 0 fully saturated rings. The predicted molar refractivity (Wildman–Crippen MR) is 92.2 cm³/mol. The smallest absolute Gasteiger partial charge is 0.323 e. The molecule has 0 radical (unpaired) electrons. The number of carbonyl (C=O) groups is 1. The zero-order chi connectivity index (χ0) is 17.6. The molecule has 6 nitrogen and oxygen atoms in total. The van der Waals surface area contributed by atoms with E-state index in [9.17, 15) is 13.2 Å². The summed E-state index contributed by atoms with van der Waals surface area (Å²) in [5, 5.41) is 0. The molecule has 0 saturated carbocycles. The number of carbonyl (C=O) groups excluding carboxylic acids is 1. The summed E-state index contributed by atoms with van der Waals surface area (Å²) < 4.78 is 34.3. The molecule has 3 N–H and O–H groups in total. The van der Waals surface area contributed by atoms with Gasteiger partial charge in [-0.05, 0) is 38.8 Å². The molecule has 0 spiro atoms. The summed E-state index contributed by atoms with van der Waals surface area (Å²) in [6.07, 6.45) is 0. The summed E-state index contributed by atoms with van der Waals surface area (Å²) >= 11 is 0. The lowest BCUT2D eigenvalue weighted by molar-refractivity contribution is -0.157. The number of nitrogens with two attached hydrogens (primary N) is 1. The van der Waals surface area contributed by atoms with Crippen LogP contribution in [0.25, 0.3) is 0 Å². The Bertz CT molecular complexity index is 567. The van der Waals surface area contributed by atoms with Gasteiger partial charge in [-0.1, -0.05) is 32.0 Å². The van der Waals surface area contributed by atoms with Gasteiger partial charge in [0, 0.05) is 0 Å². The third kappa shape index (κ3) is 11.1. The fourth-order valence-corrected chi connectivity index (χ4v) is 1.74. The van der Waals surface area contributed by atoms with Crippen molar-refractivity contribution in [3.05, 3.63) is 30.3 Å². The van der Waals surface area contributed by atoms with Gasteiger partial charge in [0.25, 0.3) is 10.1 Å². The van der Waals surface area contributed by atoms with Gasteiger partial charge in [-0.2, -0.15) is 8.42 Å². The minimum Gasteiger partial charge on any atom is -0.459 e. The van der Waals surface area contributed by atoms with Crippen molar-refractivity contribution >= 4 is 28.5 Å². The molecule has 1 aromatic carbocycles. The molecule has 0 amide bonds. The van der Waals surface area contributed by atoms with Gasteiger partial charge in [0.05, 0.1) is 4.90 Å². The number of rotatable bonds is 3. The largest absolute Gasteiger partial charge is 0.459 e. The zero-order valence-electron chi connectivity index (χ0n) is 14.0. The first kappa shape index (κ1) is 24.1. The van der Waals surface area contributed by atoms with Crippen LogP contribution in [0.4, 0.5) is 0 Å². The molecule has 134 valence electrons. The molecular weight excluding hydrogens is 342 g/mol. The van der Waals surface area contributed by atoms with Crippen LogP contribution >= 0.6 is 12.4 Å². The van der Waals surface area contributed by atoms with Crippen LogP contribution in [0.1, 0.15) is 34.6 Å². The first-order valence-corrected chi connectivity index (χ1v) is 8.29. The average molecular weight is 368 g/mol. The van der Waals surface area contributed by atoms with E-state index in [0.29, 0.717) is 0 Å². The minimum absolute atomic E-state index is 0. The molecule has 0 aromatic heterocycles. The summed E-state index contributed by atoms with van der Waals surface area (Å²) in [6, 6.07) is 6.91. The highest BCUT2D eigenvalue weighted by atomic mass is 35.5. The van der Waals surface area contributed by atoms with Gasteiger partial charge in [0.1, 0.15) is 11.6 Å². The minimum atomic E-state index is -4.00. The molecule has 0 bridgehead atoms. The van der Waals surface area contributed by atoms with Gasteiger partial charge >= 0.3 is 5.97 Å². The van der Waals surface area contributed by atoms with Crippen LogP contribution < -0.4 is 5.73 Å². The molecule has 1 aromatic rings. The molecular formula is C15H26ClNO5S. The van der Waals surface area contributed by atoms with E-state index in [1.54, 1.807) is 18.2 Å². The average Bonchev–Trinajstić information content (AvgIpc) is 2.36. The number of esters is 1. The highest BCUT2D eigenvalue weighted by Crippen LogP contribution is 2.10. The molecule has 8 heteroatoms. The standard InChI is InChI=1S/C9H19NO2.C6H6O3S.ClH/c1-6(2)7(10)8(11)12-9(3,4)5;7-10(8,9)6-4-2-1-3-5-6;/h6-7H,10H2,1-5H3;1-5H,(H,7,8,9);1H. The van der Waals surface area contributed by atoms with E-state index in [0.717, 1.165) is 0 Å². The summed E-state index contributed by atoms with van der Waals surface area (Å²) in [5.41, 5.74) is 5.15. The lowest BCUT2D eigenvalue weighted by Gasteiger charge is -2.23. The summed E-state index contributed by atoms with van der Waals surface area (Å²) in [4.78, 5) is 11.2. The van der Waals surface area contributed by atoms with Crippen molar-refractivity contribution in [2.45, 2.75) is 51.2 Å². The van der Waals surface area contributed by atoms with Crippen LogP contribution in [0.15, 0.2) is 35.2 Å². The normalized spacial score (nSPS) is 12.5. The second-order valence-corrected chi connectivity index (χ2v) is 7.51. The Morgan fingerprint density at radius 3 is 1.87 bits per heavy atom. The molecule has 0 heterocycles. The Hall–Kier alpha value is -1.15. The lowest BCUT2D eigenvalue weighted by Crippen LogP contribution is -2.40. The van der Waals surface area contributed by atoms with Crippen molar-refractivity contribution in [1.82, 2.24) is 0 Å². The number of ether oxygens (including phenoxy) is 1. The van der Waals surface area contributed by atoms with Crippen LogP contribution in [0.3, 0.4) is 0 Å². The number of hydrogen-bond acceptors (Lipinski definition) is 5. The number of benzene rings is 1. The van der Waals surface area contributed by atoms with E-state index in [1.165, 1.54) is 12.1 Å². The van der Waals surface area contributed by atoms with Crippen molar-refractivity contribution in [3.8, 4) is 0 Å². The van der Waals surface area contributed by atoms with Crippen molar-refractivity contribution in [3.63, 3.8) is 0 Å². The van der Waals surface area contributed by atoms with Crippen LogP contribution in [0.5, 0.6) is 0 Å². The molecule has 1 atom stereocenters. The van der Waals surface area contributed by atoms with Gasteiger partial charge in [-0.25, -0.2) is 0 Å². The fourth-order valence-electron chi connectivity index (χ4n) is 1.23. The summed E-state index contributed by atoms with van der Waals surface area (Å²) in [5.74, 6) is -0.197. The van der Waals surface area contributed by atoms with E-state index >= 15 is 0 Å². The molecule has 0 aliphatic heterocycles. The zero-order valence-corrected chi connectivity index (χ0v) is 15.6. The third-order valence-electron chi connectivity index (χ3n) is 2.44. The van der Waals surface area contributed by atoms with Gasteiger partial charge in [-0.15, -0.1) is 12.4 Å². The Labute approximate surface area is 144 Å². The maximum atomic E-state index is 11.3. The fraction of sp³-hybridized carbons (Fsp3) is 0.533. The first-order chi connectivity index (χ1) is 9.84. The Balaban J connectivity index is 0. The summed E-state index contributed by atoms with van der Waals surface area (Å²) in [7, 11) is -4.00. The number of hydrogen-bond donors (Lipinski definition) is 2. The van der Waals surface area contributed by atoms with Crippen molar-refractivity contribution in [2.75, 3.05) is 0 Å². The van der Waals surface area contributed by atoms with Crippen molar-refractivity contribution in [2.24, 2.45) is 11.7 Å². The van der Waals surface area contributed by atoms with E-state index in [-0.39, 0.29) is 29.2 Å². The van der Waals surface area contributed by atoms with Crippen LogP contribution in [-0.2, 0) is 19.6 Å². The topological polar surface area (TPSA) is 107 Å². The monoisotopic (exact) mass is 367 g/mol. The molecule has 0 aliphatic rings. The third-order valence-corrected chi connectivity index (χ3v) is 3.31. The second kappa shape index (κ2) is 9.87. The molecule has 0 aliphatic carbocycles. The van der Waals surface area contributed by atoms with Crippen molar-refractivity contribution in [1.29, 1.82) is 0 Å². The summed E-state index contributed by atoms with van der Waals surface area (Å²) in [6.45, 7) is 9.29. The molecule has 1 rings (SSSR count). The van der Waals surface area contributed by atoms with Gasteiger partial charge < -0.3 is 10.5 Å². The van der Waals surface area contributed by atoms with Crippen molar-refractivity contribution < 1.29 is 22.5 Å². The van der Waals surface area contributed by atoms with E-state index in [2.05, 4.69) is 0 Å². The predicted octanol–water partition coefficient (Wildman–Crippen LogP) is 2.67. The first-order valence-electron chi connectivity index (χ1n) is 6.85. The van der Waals surface area contributed by atoms with E-state index in [1.807, 2.05) is 34.6 Å². The Kier molecular flexibility index (Phi) is 10.3. The molecule has 23 heavy (non-hydrogen) atoms. The van der Waals surface area contributed by atoms with Crippen LogP contribution in [0.2, 0.25) is 0 Å². The van der Waals surface area contributed by atoms with Gasteiger partial charge in [0.2, 0.25) is 0 Å². The SMILES string of the molecule is CC(C)C(N)C(=O)OC(C)(C)C.Cl.O=S(=O)(O)c1ccccc1.